The summed E-state index contributed by atoms with van der Waals surface area (Å²) in [5.41, 5.74) is 5.09. The molecule has 0 bridgehead atoms. The van der Waals surface area contributed by atoms with Gasteiger partial charge in [-0.2, -0.15) is 4.83 Å². The Morgan fingerprint density at radius 1 is 1.13 bits per heavy atom. The lowest BCUT2D eigenvalue weighted by Gasteiger charge is -2.50. The molecule has 1 aromatic rings. The standard InChI is InChI=1S/C23H36N4O3S/c1-22(2)9-7-19(8-10-22)26-14-11-23(12-15-26)20-6-4-3-5-18(20)17-27(21(23)28)16-13-24-25-31(29)30/h3-6,19,24-25H,7-17H2,1-2H3,(H,29,30)/p-1. The molecule has 1 saturated carbocycles. The number of piperidine rings is 1. The smallest absolute Gasteiger partial charge is 0.233 e. The van der Waals surface area contributed by atoms with Crippen molar-refractivity contribution in [3.05, 3.63) is 35.4 Å². The first-order valence-electron chi connectivity index (χ1n) is 11.5. The van der Waals surface area contributed by atoms with Gasteiger partial charge in [0.25, 0.3) is 0 Å². The largest absolute Gasteiger partial charge is 0.759 e. The van der Waals surface area contributed by atoms with Gasteiger partial charge in [-0.3, -0.25) is 9.00 Å². The van der Waals surface area contributed by atoms with E-state index in [0.29, 0.717) is 31.1 Å². The molecule has 2 aliphatic heterocycles. The SMILES string of the molecule is CC1(C)CCC(N2CCC3(CC2)C(=O)N(CCNNS(=O)[O-])Cc2ccccc23)CC1. The van der Waals surface area contributed by atoms with Crippen LogP contribution in [0.1, 0.15) is 63.5 Å². The minimum atomic E-state index is -2.36. The maximum atomic E-state index is 13.7. The van der Waals surface area contributed by atoms with Crippen LogP contribution < -0.4 is 10.3 Å². The zero-order valence-electron chi connectivity index (χ0n) is 18.7. The quantitative estimate of drug-likeness (QED) is 0.397. The third-order valence-corrected chi connectivity index (χ3v) is 8.04. The Balaban J connectivity index is 1.46. The number of nitrogens with zero attached hydrogens (tertiary/aromatic N) is 2. The Kier molecular flexibility index (Phi) is 6.84. The second-order valence-corrected chi connectivity index (χ2v) is 10.8. The molecule has 172 valence electrons. The third-order valence-electron chi connectivity index (χ3n) is 7.73. The highest BCUT2D eigenvalue weighted by Crippen LogP contribution is 2.44. The van der Waals surface area contributed by atoms with Crippen LogP contribution in [0.2, 0.25) is 0 Å². The van der Waals surface area contributed by atoms with E-state index in [1.807, 2.05) is 17.0 Å². The van der Waals surface area contributed by atoms with Crippen LogP contribution in [0.4, 0.5) is 0 Å². The second kappa shape index (κ2) is 9.27. The molecule has 2 heterocycles. The van der Waals surface area contributed by atoms with E-state index in [2.05, 4.69) is 41.1 Å². The lowest BCUT2D eigenvalue weighted by Crippen LogP contribution is -2.58. The first-order chi connectivity index (χ1) is 14.8. The Bertz CT molecular complexity index is 813. The molecule has 4 rings (SSSR count). The molecule has 1 spiro atoms. The van der Waals surface area contributed by atoms with Gasteiger partial charge in [0.1, 0.15) is 0 Å². The van der Waals surface area contributed by atoms with E-state index >= 15 is 0 Å². The molecular weight excluding hydrogens is 412 g/mol. The van der Waals surface area contributed by atoms with Crippen LogP contribution in [-0.4, -0.2) is 56.7 Å². The summed E-state index contributed by atoms with van der Waals surface area (Å²) in [6, 6.07) is 9.01. The van der Waals surface area contributed by atoms with E-state index in [1.54, 1.807) is 0 Å². The molecule has 1 aromatic carbocycles. The van der Waals surface area contributed by atoms with Crippen LogP contribution >= 0.6 is 0 Å². The highest BCUT2D eigenvalue weighted by Gasteiger charge is 2.49. The number of hydrazine groups is 1. The molecule has 1 saturated heterocycles. The molecule has 31 heavy (non-hydrogen) atoms. The number of likely N-dealkylation sites (tertiary alicyclic amines) is 1. The summed E-state index contributed by atoms with van der Waals surface area (Å²) in [5, 5.41) is 0. The number of carbonyl (C=O) groups is 1. The van der Waals surface area contributed by atoms with Gasteiger partial charge in [-0.15, -0.1) is 0 Å². The first kappa shape index (κ1) is 22.9. The van der Waals surface area contributed by atoms with E-state index < -0.39 is 16.7 Å². The fraction of sp³-hybridized carbons (Fsp3) is 0.696. The Labute approximate surface area is 188 Å². The number of fused-ring (bicyclic) bond motifs is 2. The van der Waals surface area contributed by atoms with Crippen molar-refractivity contribution < 1.29 is 13.6 Å². The molecule has 7 nitrogen and oxygen atoms in total. The number of rotatable bonds is 6. The lowest BCUT2D eigenvalue weighted by molar-refractivity contribution is -0.142. The molecule has 2 fully saturated rings. The zero-order valence-corrected chi connectivity index (χ0v) is 19.5. The monoisotopic (exact) mass is 447 g/mol. The zero-order chi connectivity index (χ0) is 22.1. The van der Waals surface area contributed by atoms with Gasteiger partial charge in [0.2, 0.25) is 5.91 Å². The minimum absolute atomic E-state index is 0.195. The van der Waals surface area contributed by atoms with Gasteiger partial charge < -0.3 is 14.4 Å². The molecule has 2 N–H and O–H groups in total. The fourth-order valence-electron chi connectivity index (χ4n) is 5.81. The van der Waals surface area contributed by atoms with Crippen molar-refractivity contribution in [2.75, 3.05) is 26.2 Å². The highest BCUT2D eigenvalue weighted by molar-refractivity contribution is 7.76. The summed E-state index contributed by atoms with van der Waals surface area (Å²) in [5.74, 6) is 0.195. The van der Waals surface area contributed by atoms with Crippen molar-refractivity contribution in [2.45, 2.75) is 70.4 Å². The molecule has 1 amide bonds. The van der Waals surface area contributed by atoms with Crippen molar-refractivity contribution in [2.24, 2.45) is 5.41 Å². The van der Waals surface area contributed by atoms with Crippen molar-refractivity contribution in [3.8, 4) is 0 Å². The van der Waals surface area contributed by atoms with E-state index in [9.17, 15) is 13.6 Å². The summed E-state index contributed by atoms with van der Waals surface area (Å²) in [6.07, 6.45) is 6.80. The highest BCUT2D eigenvalue weighted by atomic mass is 32.2. The van der Waals surface area contributed by atoms with E-state index in [1.165, 1.54) is 36.8 Å². The van der Waals surface area contributed by atoms with Crippen LogP contribution in [-0.2, 0) is 28.0 Å². The number of benzene rings is 1. The summed E-state index contributed by atoms with van der Waals surface area (Å²) >= 11 is -2.36. The van der Waals surface area contributed by atoms with Gasteiger partial charge >= 0.3 is 0 Å². The van der Waals surface area contributed by atoms with Gasteiger partial charge in [0.05, 0.1) is 5.41 Å². The molecule has 1 aliphatic carbocycles. The van der Waals surface area contributed by atoms with Gasteiger partial charge in [0, 0.05) is 36.9 Å². The maximum Gasteiger partial charge on any atom is 0.233 e. The van der Waals surface area contributed by atoms with E-state index in [0.717, 1.165) is 25.9 Å². The molecule has 0 radical (unpaired) electrons. The Hall–Kier alpha value is -1.32. The summed E-state index contributed by atoms with van der Waals surface area (Å²) in [7, 11) is 0. The summed E-state index contributed by atoms with van der Waals surface area (Å²) in [6.45, 7) is 8.12. The number of hydrogen-bond acceptors (Lipinski definition) is 5. The predicted molar refractivity (Wildman–Crippen MR) is 120 cm³/mol. The maximum absolute atomic E-state index is 13.7. The molecule has 3 aliphatic rings. The molecule has 1 atom stereocenters. The Morgan fingerprint density at radius 2 is 1.81 bits per heavy atom. The van der Waals surface area contributed by atoms with Crippen molar-refractivity contribution in [3.63, 3.8) is 0 Å². The third kappa shape index (κ3) is 4.88. The van der Waals surface area contributed by atoms with Crippen LogP contribution in [0.15, 0.2) is 24.3 Å². The van der Waals surface area contributed by atoms with E-state index in [4.69, 9.17) is 0 Å². The number of hydrogen-bond donors (Lipinski definition) is 2. The van der Waals surface area contributed by atoms with Crippen LogP contribution in [0.5, 0.6) is 0 Å². The van der Waals surface area contributed by atoms with Crippen molar-refractivity contribution >= 4 is 17.2 Å². The molecular formula is C23H35N4O3S-. The Morgan fingerprint density at radius 3 is 2.48 bits per heavy atom. The van der Waals surface area contributed by atoms with Gasteiger partial charge in [-0.05, 0) is 68.2 Å². The number of amides is 1. The average Bonchev–Trinajstić information content (AvgIpc) is 2.75. The van der Waals surface area contributed by atoms with Crippen LogP contribution in [0, 0.1) is 5.41 Å². The minimum Gasteiger partial charge on any atom is -0.759 e. The van der Waals surface area contributed by atoms with Gasteiger partial charge in [0.15, 0.2) is 0 Å². The fourth-order valence-corrected chi connectivity index (χ4v) is 6.02. The first-order valence-corrected chi connectivity index (χ1v) is 12.6. The molecule has 1 unspecified atom stereocenters. The van der Waals surface area contributed by atoms with Crippen LogP contribution in [0.3, 0.4) is 0 Å². The summed E-state index contributed by atoms with van der Waals surface area (Å²) in [4.78, 5) is 20.4. The second-order valence-electron chi connectivity index (χ2n) is 10.2. The summed E-state index contributed by atoms with van der Waals surface area (Å²) < 4.78 is 21.3. The van der Waals surface area contributed by atoms with Gasteiger partial charge in [-0.1, -0.05) is 38.1 Å². The number of nitrogens with one attached hydrogen (secondary N) is 2. The lowest BCUT2D eigenvalue weighted by atomic mass is 9.67. The molecule has 8 heteroatoms. The van der Waals surface area contributed by atoms with Gasteiger partial charge in [-0.25, -0.2) is 5.43 Å². The van der Waals surface area contributed by atoms with Crippen molar-refractivity contribution in [1.29, 1.82) is 0 Å². The number of carbonyl (C=O) groups excluding carboxylic acids is 1. The van der Waals surface area contributed by atoms with Crippen molar-refractivity contribution in [1.82, 2.24) is 20.1 Å². The van der Waals surface area contributed by atoms with E-state index in [-0.39, 0.29) is 5.91 Å². The average molecular weight is 448 g/mol. The topological polar surface area (TPSA) is 87.7 Å². The van der Waals surface area contributed by atoms with Crippen LogP contribution in [0.25, 0.3) is 0 Å². The molecule has 0 aromatic heterocycles. The normalized spacial score (nSPS) is 24.9. The predicted octanol–water partition coefficient (Wildman–Crippen LogP) is 2.22.